The fourth-order valence-electron chi connectivity index (χ4n) is 2.47. The molecule has 1 heterocycles. The van der Waals surface area contributed by atoms with Crippen molar-refractivity contribution in [2.24, 2.45) is 10.9 Å². The van der Waals surface area contributed by atoms with Gasteiger partial charge in [0.2, 0.25) is 0 Å². The third kappa shape index (κ3) is 6.73. The molecule has 1 aliphatic heterocycles. The van der Waals surface area contributed by atoms with E-state index in [0.717, 1.165) is 32.1 Å². The molecule has 0 aromatic heterocycles. The van der Waals surface area contributed by atoms with Crippen LogP contribution in [0.2, 0.25) is 5.02 Å². The molecule has 5 nitrogen and oxygen atoms in total. The lowest BCUT2D eigenvalue weighted by Crippen LogP contribution is -2.42. The van der Waals surface area contributed by atoms with Gasteiger partial charge in [-0.1, -0.05) is 23.7 Å². The molecule has 130 valence electrons. The fraction of sp³-hybridized carbons (Fsp3) is 0.562. The number of aliphatic imine (C=N–C) groups is 1. The zero-order valence-corrected chi connectivity index (χ0v) is 16.7. The van der Waals surface area contributed by atoms with E-state index in [4.69, 9.17) is 21.1 Å². The first kappa shape index (κ1) is 20.3. The summed E-state index contributed by atoms with van der Waals surface area (Å²) in [6.45, 7) is 3.87. The van der Waals surface area contributed by atoms with E-state index in [0.29, 0.717) is 29.8 Å². The van der Waals surface area contributed by atoms with Gasteiger partial charge in [0, 0.05) is 33.2 Å². The average molecular weight is 454 g/mol. The molecule has 23 heavy (non-hydrogen) atoms. The Morgan fingerprint density at radius 3 is 2.91 bits per heavy atom. The highest BCUT2D eigenvalue weighted by Crippen LogP contribution is 2.22. The van der Waals surface area contributed by atoms with Gasteiger partial charge in [0.15, 0.2) is 5.96 Å². The smallest absolute Gasteiger partial charge is 0.193 e. The van der Waals surface area contributed by atoms with Gasteiger partial charge in [0.25, 0.3) is 0 Å². The summed E-state index contributed by atoms with van der Waals surface area (Å²) in [5.41, 5.74) is 0. The predicted octanol–water partition coefficient (Wildman–Crippen LogP) is 2.88. The SMILES string of the molecule is CN=C(NCCOc1ccccc1Cl)N(C)CC1CCOC1.I. The molecule has 1 atom stereocenters. The maximum absolute atomic E-state index is 6.05. The zero-order valence-electron chi connectivity index (χ0n) is 13.6. The average Bonchev–Trinajstić information content (AvgIpc) is 3.02. The molecule has 1 N–H and O–H groups in total. The third-order valence-corrected chi connectivity index (χ3v) is 3.92. The van der Waals surface area contributed by atoms with Crippen molar-refractivity contribution in [3.8, 4) is 5.75 Å². The van der Waals surface area contributed by atoms with Crippen LogP contribution in [-0.4, -0.2) is 57.9 Å². The number of nitrogens with one attached hydrogen (secondary N) is 1. The first-order valence-electron chi connectivity index (χ1n) is 7.57. The van der Waals surface area contributed by atoms with Gasteiger partial charge in [-0.3, -0.25) is 4.99 Å². The summed E-state index contributed by atoms with van der Waals surface area (Å²) in [5, 5.41) is 3.93. The predicted molar refractivity (Wildman–Crippen MR) is 105 cm³/mol. The third-order valence-electron chi connectivity index (χ3n) is 3.61. The Balaban J connectivity index is 0.00000264. The van der Waals surface area contributed by atoms with Gasteiger partial charge in [-0.2, -0.15) is 0 Å². The molecule has 0 bridgehead atoms. The lowest BCUT2D eigenvalue weighted by molar-refractivity contribution is 0.181. The molecular weight excluding hydrogens is 429 g/mol. The number of nitrogens with zero attached hydrogens (tertiary/aromatic N) is 2. The molecule has 1 fully saturated rings. The Bertz CT molecular complexity index is 496. The van der Waals surface area contributed by atoms with Crippen LogP contribution in [0, 0.1) is 5.92 Å². The van der Waals surface area contributed by atoms with Crippen LogP contribution in [0.3, 0.4) is 0 Å². The van der Waals surface area contributed by atoms with Crippen molar-refractivity contribution in [3.63, 3.8) is 0 Å². The van der Waals surface area contributed by atoms with Crippen molar-refractivity contribution in [1.82, 2.24) is 10.2 Å². The van der Waals surface area contributed by atoms with E-state index in [1.807, 2.05) is 31.3 Å². The second-order valence-electron chi connectivity index (χ2n) is 5.36. The maximum Gasteiger partial charge on any atom is 0.193 e. The van der Waals surface area contributed by atoms with Crippen LogP contribution < -0.4 is 10.1 Å². The second kappa shape index (κ2) is 10.9. The first-order valence-corrected chi connectivity index (χ1v) is 7.95. The highest BCUT2D eigenvalue weighted by atomic mass is 127. The minimum absolute atomic E-state index is 0. The number of benzene rings is 1. The van der Waals surface area contributed by atoms with Gasteiger partial charge in [0.05, 0.1) is 18.2 Å². The Morgan fingerprint density at radius 1 is 1.48 bits per heavy atom. The highest BCUT2D eigenvalue weighted by molar-refractivity contribution is 14.0. The second-order valence-corrected chi connectivity index (χ2v) is 5.77. The van der Waals surface area contributed by atoms with Gasteiger partial charge in [-0.25, -0.2) is 0 Å². The topological polar surface area (TPSA) is 46.1 Å². The molecule has 1 aliphatic rings. The standard InChI is InChI=1S/C16H24ClN3O2.HI/c1-18-16(20(2)11-13-7-9-21-12-13)19-8-10-22-15-6-4-3-5-14(15)17;/h3-6,13H,7-12H2,1-2H3,(H,18,19);1H. The number of guanidine groups is 1. The summed E-state index contributed by atoms with van der Waals surface area (Å²) >= 11 is 6.05. The monoisotopic (exact) mass is 453 g/mol. The number of ether oxygens (including phenoxy) is 2. The maximum atomic E-state index is 6.05. The summed E-state index contributed by atoms with van der Waals surface area (Å²) in [5.74, 6) is 2.16. The van der Waals surface area contributed by atoms with E-state index in [2.05, 4.69) is 15.2 Å². The largest absolute Gasteiger partial charge is 0.490 e. The van der Waals surface area contributed by atoms with Crippen LogP contribution in [-0.2, 0) is 4.74 Å². The van der Waals surface area contributed by atoms with E-state index in [1.165, 1.54) is 0 Å². The lowest BCUT2D eigenvalue weighted by atomic mass is 10.1. The molecule has 1 aromatic carbocycles. The van der Waals surface area contributed by atoms with Crippen LogP contribution in [0.15, 0.2) is 29.3 Å². The van der Waals surface area contributed by atoms with E-state index in [-0.39, 0.29) is 24.0 Å². The minimum Gasteiger partial charge on any atom is -0.490 e. The summed E-state index contributed by atoms with van der Waals surface area (Å²) in [6.07, 6.45) is 1.12. The lowest BCUT2D eigenvalue weighted by Gasteiger charge is -2.24. The minimum atomic E-state index is 0. The van der Waals surface area contributed by atoms with Crippen molar-refractivity contribution < 1.29 is 9.47 Å². The summed E-state index contributed by atoms with van der Waals surface area (Å²) in [7, 11) is 3.83. The molecule has 7 heteroatoms. The Hall–Kier alpha value is -0.730. The van der Waals surface area contributed by atoms with Gasteiger partial charge in [-0.05, 0) is 18.6 Å². The molecule has 1 unspecified atom stereocenters. The summed E-state index contributed by atoms with van der Waals surface area (Å²) in [6, 6.07) is 7.48. The zero-order chi connectivity index (χ0) is 15.8. The van der Waals surface area contributed by atoms with Crippen molar-refractivity contribution in [1.29, 1.82) is 0 Å². The highest BCUT2D eigenvalue weighted by Gasteiger charge is 2.18. The Labute approximate surface area is 160 Å². The summed E-state index contributed by atoms with van der Waals surface area (Å²) in [4.78, 5) is 6.43. The molecule has 2 rings (SSSR count). The van der Waals surface area contributed by atoms with E-state index in [1.54, 1.807) is 7.05 Å². The quantitative estimate of drug-likeness (QED) is 0.311. The molecule has 0 spiro atoms. The van der Waals surface area contributed by atoms with Crippen LogP contribution in [0.5, 0.6) is 5.75 Å². The van der Waals surface area contributed by atoms with Crippen LogP contribution in [0.25, 0.3) is 0 Å². The number of rotatable bonds is 6. The van der Waals surface area contributed by atoms with Crippen LogP contribution in [0.1, 0.15) is 6.42 Å². The first-order chi connectivity index (χ1) is 10.7. The number of hydrogen-bond acceptors (Lipinski definition) is 3. The molecule has 1 saturated heterocycles. The number of para-hydroxylation sites is 1. The Kier molecular flexibility index (Phi) is 9.66. The van der Waals surface area contributed by atoms with Gasteiger partial charge >= 0.3 is 0 Å². The molecular formula is C16H25ClIN3O2. The van der Waals surface area contributed by atoms with Crippen molar-refractivity contribution in [2.45, 2.75) is 6.42 Å². The molecule has 0 aliphatic carbocycles. The Morgan fingerprint density at radius 2 is 2.26 bits per heavy atom. The van der Waals surface area contributed by atoms with Crippen molar-refractivity contribution in [2.75, 3.05) is 47.0 Å². The fourth-order valence-corrected chi connectivity index (χ4v) is 2.66. The normalized spacial score (nSPS) is 17.5. The molecule has 0 radical (unpaired) electrons. The number of hydrogen-bond donors (Lipinski definition) is 1. The molecule has 0 amide bonds. The van der Waals surface area contributed by atoms with Gasteiger partial charge in [0.1, 0.15) is 12.4 Å². The van der Waals surface area contributed by atoms with Crippen molar-refractivity contribution in [3.05, 3.63) is 29.3 Å². The van der Waals surface area contributed by atoms with Gasteiger partial charge < -0.3 is 19.7 Å². The van der Waals surface area contributed by atoms with E-state index >= 15 is 0 Å². The summed E-state index contributed by atoms with van der Waals surface area (Å²) < 4.78 is 11.1. The van der Waals surface area contributed by atoms with E-state index < -0.39 is 0 Å². The van der Waals surface area contributed by atoms with E-state index in [9.17, 15) is 0 Å². The molecule has 0 saturated carbocycles. The van der Waals surface area contributed by atoms with Gasteiger partial charge in [-0.15, -0.1) is 24.0 Å². The number of halogens is 2. The van der Waals surface area contributed by atoms with Crippen LogP contribution in [0.4, 0.5) is 0 Å². The van der Waals surface area contributed by atoms with Crippen LogP contribution >= 0.6 is 35.6 Å². The molecule has 1 aromatic rings. The van der Waals surface area contributed by atoms with Crippen molar-refractivity contribution >= 4 is 41.5 Å².